The second kappa shape index (κ2) is 26.2. The van der Waals surface area contributed by atoms with Crippen molar-refractivity contribution < 1.29 is 26.3 Å². The molecule has 0 saturated heterocycles. The molecule has 9 heterocycles. The van der Waals surface area contributed by atoms with E-state index in [2.05, 4.69) is 29.9 Å². The number of nitrogens with zero attached hydrogens (tertiary/aromatic N) is 6. The Labute approximate surface area is 474 Å². The number of fused-ring (bicyclic) bond motifs is 6. The Bertz CT molecular complexity index is 3200. The van der Waals surface area contributed by atoms with Gasteiger partial charge < -0.3 is 0 Å². The molecular weight excluding hydrogens is 1060 g/mol. The number of rotatable bonds is 3. The summed E-state index contributed by atoms with van der Waals surface area (Å²) in [7, 11) is 0. The molecule has 6 aromatic heterocycles. The van der Waals surface area contributed by atoms with Gasteiger partial charge in [-0.2, -0.15) is 49.0 Å². The smallest absolute Gasteiger partial charge is 0.271 e. The van der Waals surface area contributed by atoms with Crippen LogP contribution < -0.4 is 0 Å². The number of alkyl halides is 6. The van der Waals surface area contributed by atoms with Crippen molar-refractivity contribution >= 4 is 83.9 Å². The molecule has 12 rings (SSSR count). The normalized spacial score (nSPS) is 16.6. The molecule has 0 saturated carbocycles. The van der Waals surface area contributed by atoms with Crippen molar-refractivity contribution in [2.45, 2.75) is 145 Å². The average molecular weight is 1140 g/mol. The van der Waals surface area contributed by atoms with Crippen molar-refractivity contribution in [1.82, 2.24) is 15.0 Å². The van der Waals surface area contributed by atoms with Crippen LogP contribution in [0.1, 0.15) is 160 Å². The van der Waals surface area contributed by atoms with E-state index in [1.165, 1.54) is 92.4 Å². The molecule has 9 aromatic rings. The van der Waals surface area contributed by atoms with Gasteiger partial charge in [0.2, 0.25) is 0 Å². The minimum absolute atomic E-state index is 0.0608. The molecule has 0 atom stereocenters. The second-order valence-corrected chi connectivity index (χ2v) is 21.0. The molecule has 0 radical (unpaired) electrons. The van der Waals surface area contributed by atoms with E-state index in [0.717, 1.165) is 49.4 Å². The van der Waals surface area contributed by atoms with Crippen molar-refractivity contribution in [2.24, 2.45) is 15.0 Å². The highest BCUT2D eigenvalue weighted by Gasteiger charge is 2.55. The summed E-state index contributed by atoms with van der Waals surface area (Å²) in [5.74, 6) is -8.93. The van der Waals surface area contributed by atoms with Crippen LogP contribution in [0.2, 0.25) is 0 Å². The van der Waals surface area contributed by atoms with Crippen LogP contribution in [0.15, 0.2) is 158 Å². The van der Waals surface area contributed by atoms with Crippen LogP contribution in [0.3, 0.4) is 0 Å². The Morgan fingerprint density at radius 3 is 1.03 bits per heavy atom. The quantitative estimate of drug-likeness (QED) is 0.165. The number of hydrogen-bond acceptors (Lipinski definition) is 9. The van der Waals surface area contributed by atoms with E-state index in [1.54, 1.807) is 34.7 Å². The molecule has 0 spiro atoms. The average Bonchev–Trinajstić information content (AvgIpc) is 4.52. The zero-order valence-corrected chi connectivity index (χ0v) is 50.5. The van der Waals surface area contributed by atoms with Crippen LogP contribution >= 0.6 is 34.0 Å². The topological polar surface area (TPSA) is 75.8 Å². The first-order chi connectivity index (χ1) is 37.7. The zero-order valence-electron chi connectivity index (χ0n) is 48.0. The molecule has 0 bridgehead atoms. The summed E-state index contributed by atoms with van der Waals surface area (Å²) < 4.78 is 87.8. The fraction of sp³-hybridized carbons (Fsp3) is 0.344. The molecule has 0 fully saturated rings. The highest BCUT2D eigenvalue weighted by molar-refractivity contribution is 7.12. The molecule has 3 aliphatic rings. The van der Waals surface area contributed by atoms with Crippen molar-refractivity contribution in [3.05, 3.63) is 192 Å². The maximum absolute atomic E-state index is 14.6. The Kier molecular flexibility index (Phi) is 21.1. The van der Waals surface area contributed by atoms with E-state index in [1.807, 2.05) is 160 Å². The molecule has 0 amide bonds. The van der Waals surface area contributed by atoms with Crippen LogP contribution in [0.4, 0.5) is 26.3 Å². The summed E-state index contributed by atoms with van der Waals surface area (Å²) >= 11 is 3.86. The SMILES string of the molecule is CC.CC.CC.CC.CC.CC1(C)N=C(c2cnc3ccccc3c2)c2cscc2C1(F)F.CC1(C)N=C(c2cnc3ccccc3c2)c2cscc2C1(F)F.CC1(C)N=C(c2cnc3ccccc3c2)c2sccc2C1(F)F. The predicted molar refractivity (Wildman–Crippen MR) is 326 cm³/mol. The first-order valence-electron chi connectivity index (χ1n) is 26.9. The summed E-state index contributed by atoms with van der Waals surface area (Å²) in [5.41, 5.74) is 3.49. The highest BCUT2D eigenvalue weighted by Crippen LogP contribution is 2.51. The molecule has 3 aromatic carbocycles. The van der Waals surface area contributed by atoms with Gasteiger partial charge in [-0.05, 0) is 89.4 Å². The number of para-hydroxylation sites is 3. The summed E-state index contributed by atoms with van der Waals surface area (Å²) in [6.45, 7) is 28.8. The number of pyridine rings is 3. The zero-order chi connectivity index (χ0) is 58.7. The van der Waals surface area contributed by atoms with E-state index in [0.29, 0.717) is 33.1 Å². The maximum atomic E-state index is 14.6. The lowest BCUT2D eigenvalue weighted by molar-refractivity contribution is -0.0679. The lowest BCUT2D eigenvalue weighted by Crippen LogP contribution is -2.43. The molecular formula is C64H72F6N6S3. The molecule has 3 aliphatic heterocycles. The lowest BCUT2D eigenvalue weighted by Gasteiger charge is -2.35. The fourth-order valence-corrected chi connectivity index (χ4v) is 11.3. The third-order valence-corrected chi connectivity index (χ3v) is 15.2. The van der Waals surface area contributed by atoms with Crippen molar-refractivity contribution in [3.63, 3.8) is 0 Å². The Morgan fingerprint density at radius 1 is 0.367 bits per heavy atom. The van der Waals surface area contributed by atoms with Gasteiger partial charge in [0.1, 0.15) is 16.6 Å². The summed E-state index contributed by atoms with van der Waals surface area (Å²) in [5, 5.41) is 11.2. The first kappa shape index (κ1) is 63.4. The van der Waals surface area contributed by atoms with Gasteiger partial charge in [0.25, 0.3) is 17.8 Å². The number of hydrogen-bond donors (Lipinski definition) is 0. The van der Waals surface area contributed by atoms with Gasteiger partial charge in [-0.15, -0.1) is 11.3 Å². The molecule has 6 nitrogen and oxygen atoms in total. The van der Waals surface area contributed by atoms with Gasteiger partial charge in [0, 0.05) is 101 Å². The molecule has 0 unspecified atom stereocenters. The molecule has 418 valence electrons. The third kappa shape index (κ3) is 12.3. The standard InChI is InChI=1S/3C18H14F2N2S.5C2H6/c2*1-17(2)18(19,20)14-10-23-9-13(14)16(22-17)12-7-11-5-3-4-6-15(11)21-8-12;1-17(2)18(19,20)13-7-8-23-16(13)15(22-17)12-9-11-5-3-4-6-14(11)21-10-12;5*1-2/h3*3-10H,1-2H3;5*1-2H3. The van der Waals surface area contributed by atoms with Crippen molar-refractivity contribution in [2.75, 3.05) is 0 Å². The van der Waals surface area contributed by atoms with E-state index in [4.69, 9.17) is 0 Å². The minimum Gasteiger partial charge on any atom is -0.271 e. The largest absolute Gasteiger partial charge is 0.298 e. The Hall–Kier alpha value is -6.42. The number of aliphatic imine (C=N–C) groups is 3. The molecule has 0 aliphatic carbocycles. The van der Waals surface area contributed by atoms with Gasteiger partial charge in [0.05, 0.1) is 38.6 Å². The fourth-order valence-electron chi connectivity index (χ4n) is 8.63. The lowest BCUT2D eigenvalue weighted by atomic mass is 9.84. The van der Waals surface area contributed by atoms with Gasteiger partial charge in [-0.3, -0.25) is 29.9 Å². The van der Waals surface area contributed by atoms with Crippen LogP contribution in [0.5, 0.6) is 0 Å². The van der Waals surface area contributed by atoms with Gasteiger partial charge in [-0.1, -0.05) is 124 Å². The van der Waals surface area contributed by atoms with Gasteiger partial charge >= 0.3 is 0 Å². The van der Waals surface area contributed by atoms with Crippen LogP contribution in [0, 0.1) is 0 Å². The van der Waals surface area contributed by atoms with Crippen molar-refractivity contribution in [1.29, 1.82) is 0 Å². The van der Waals surface area contributed by atoms with E-state index >= 15 is 0 Å². The van der Waals surface area contributed by atoms with Crippen LogP contribution in [-0.4, -0.2) is 48.7 Å². The second-order valence-electron chi connectivity index (χ2n) is 18.6. The monoisotopic (exact) mass is 1130 g/mol. The maximum Gasteiger partial charge on any atom is 0.298 e. The third-order valence-electron chi connectivity index (χ3n) is 12.8. The van der Waals surface area contributed by atoms with Gasteiger partial charge in [0.15, 0.2) is 0 Å². The number of benzene rings is 3. The number of thiophene rings is 3. The predicted octanol–water partition coefficient (Wildman–Crippen LogP) is 20.2. The van der Waals surface area contributed by atoms with E-state index < -0.39 is 34.4 Å². The molecule has 79 heavy (non-hydrogen) atoms. The van der Waals surface area contributed by atoms with E-state index in [-0.39, 0.29) is 16.7 Å². The van der Waals surface area contributed by atoms with Gasteiger partial charge in [-0.25, -0.2) is 0 Å². The first-order valence-corrected chi connectivity index (χ1v) is 29.7. The molecule has 15 heteroatoms. The summed E-state index contributed by atoms with van der Waals surface area (Å²) in [6, 6.07) is 30.6. The Morgan fingerprint density at radius 2 is 0.671 bits per heavy atom. The van der Waals surface area contributed by atoms with Crippen LogP contribution in [-0.2, 0) is 17.8 Å². The van der Waals surface area contributed by atoms with Crippen molar-refractivity contribution in [3.8, 4) is 0 Å². The highest BCUT2D eigenvalue weighted by atomic mass is 32.1. The number of halogens is 6. The summed E-state index contributed by atoms with van der Waals surface area (Å²) in [6.07, 6.45) is 5.13. The minimum atomic E-state index is -2.98. The summed E-state index contributed by atoms with van der Waals surface area (Å²) in [4.78, 5) is 27.0. The van der Waals surface area contributed by atoms with Crippen LogP contribution in [0.25, 0.3) is 32.7 Å². The van der Waals surface area contributed by atoms with E-state index in [9.17, 15) is 26.3 Å². The molecule has 0 N–H and O–H groups in total. The Balaban J connectivity index is 0.000000202. The number of aromatic nitrogens is 3.